The lowest BCUT2D eigenvalue weighted by Crippen LogP contribution is -2.30. The fourth-order valence-corrected chi connectivity index (χ4v) is 6.52. The summed E-state index contributed by atoms with van der Waals surface area (Å²) in [5, 5.41) is 0. The van der Waals surface area contributed by atoms with Crippen LogP contribution < -0.4 is 0 Å². The standard InChI is InChI=1S/C39H64/c1-25(27-20-21-28(34(2,3)4)33(39(17,18)19)31(27)37(11,12)13)22-26-23-29(35(5,6)7)32(38(14,15)16)30(24-26)36(8,9)10/h20-21,23-25H,22H2,1-19H3. The highest BCUT2D eigenvalue weighted by Crippen LogP contribution is 2.46. The van der Waals surface area contributed by atoms with Crippen LogP contribution in [0.1, 0.15) is 182 Å². The molecular weight excluding hydrogens is 468 g/mol. The number of benzene rings is 2. The van der Waals surface area contributed by atoms with E-state index in [4.69, 9.17) is 0 Å². The van der Waals surface area contributed by atoms with Crippen LogP contribution in [0.2, 0.25) is 0 Å². The fraction of sp³-hybridized carbons (Fsp3) is 0.692. The Bertz CT molecular complexity index is 1120. The first-order valence-corrected chi connectivity index (χ1v) is 15.4. The molecule has 0 aromatic heterocycles. The van der Waals surface area contributed by atoms with Crippen LogP contribution in [-0.4, -0.2) is 0 Å². The zero-order chi connectivity index (χ0) is 30.7. The minimum absolute atomic E-state index is 0.0662. The summed E-state index contributed by atoms with van der Waals surface area (Å²) in [6, 6.07) is 10.0. The molecule has 39 heavy (non-hydrogen) atoms. The van der Waals surface area contributed by atoms with Gasteiger partial charge in [-0.25, -0.2) is 0 Å². The van der Waals surface area contributed by atoms with Crippen LogP contribution in [0, 0.1) is 0 Å². The van der Waals surface area contributed by atoms with Gasteiger partial charge in [-0.3, -0.25) is 0 Å². The van der Waals surface area contributed by atoms with Crippen LogP contribution in [0.25, 0.3) is 0 Å². The Hall–Kier alpha value is -1.56. The van der Waals surface area contributed by atoms with Crippen LogP contribution in [0.4, 0.5) is 0 Å². The van der Waals surface area contributed by atoms with Gasteiger partial charge in [0.1, 0.15) is 0 Å². The molecule has 0 fully saturated rings. The van der Waals surface area contributed by atoms with Crippen LogP contribution >= 0.6 is 0 Å². The van der Waals surface area contributed by atoms with E-state index in [-0.39, 0.29) is 32.5 Å². The first kappa shape index (κ1) is 33.6. The molecule has 2 aromatic rings. The lowest BCUT2D eigenvalue weighted by atomic mass is 9.65. The van der Waals surface area contributed by atoms with Crippen LogP contribution in [-0.2, 0) is 38.9 Å². The molecule has 1 atom stereocenters. The predicted molar refractivity (Wildman–Crippen MR) is 177 cm³/mol. The highest BCUT2D eigenvalue weighted by Gasteiger charge is 2.35. The third-order valence-electron chi connectivity index (χ3n) is 8.18. The fourth-order valence-electron chi connectivity index (χ4n) is 6.52. The van der Waals surface area contributed by atoms with Crippen LogP contribution in [0.15, 0.2) is 24.3 Å². The van der Waals surface area contributed by atoms with Crippen molar-refractivity contribution in [2.24, 2.45) is 0 Å². The minimum atomic E-state index is 0.0662. The molecule has 0 saturated carbocycles. The minimum Gasteiger partial charge on any atom is -0.0581 e. The molecule has 0 spiro atoms. The van der Waals surface area contributed by atoms with Crippen molar-refractivity contribution in [1.82, 2.24) is 0 Å². The molecule has 2 rings (SSSR count). The van der Waals surface area contributed by atoms with Crippen molar-refractivity contribution in [3.63, 3.8) is 0 Å². The smallest absolute Gasteiger partial charge is 0.0126 e. The van der Waals surface area contributed by atoms with Gasteiger partial charge in [0.05, 0.1) is 0 Å². The maximum absolute atomic E-state index is 2.55. The average Bonchev–Trinajstić information content (AvgIpc) is 2.67. The van der Waals surface area contributed by atoms with E-state index in [0.717, 1.165) is 6.42 Å². The van der Waals surface area contributed by atoms with Crippen molar-refractivity contribution in [1.29, 1.82) is 0 Å². The summed E-state index contributed by atoms with van der Waals surface area (Å²) in [4.78, 5) is 0. The van der Waals surface area contributed by atoms with Gasteiger partial charge in [-0.05, 0) is 89.3 Å². The summed E-state index contributed by atoms with van der Waals surface area (Å²) in [7, 11) is 0. The molecular formula is C39H64. The Morgan fingerprint density at radius 3 is 1.10 bits per heavy atom. The van der Waals surface area contributed by atoms with Gasteiger partial charge in [0.25, 0.3) is 0 Å². The molecule has 0 aliphatic carbocycles. The molecule has 0 nitrogen and oxygen atoms in total. The molecule has 0 heteroatoms. The SMILES string of the molecule is CC(Cc1cc(C(C)(C)C)c(C(C)(C)C)c(C(C)(C)C)c1)c1ccc(C(C)(C)C)c(C(C)(C)C)c1C(C)(C)C. The number of hydrogen-bond donors (Lipinski definition) is 0. The second-order valence-electron chi connectivity index (χ2n) is 18.6. The highest BCUT2D eigenvalue weighted by molar-refractivity contribution is 5.53. The summed E-state index contributed by atoms with van der Waals surface area (Å²) >= 11 is 0. The molecule has 0 aliphatic rings. The molecule has 1 unspecified atom stereocenters. The second-order valence-corrected chi connectivity index (χ2v) is 18.6. The maximum Gasteiger partial charge on any atom is -0.0126 e. The first-order valence-electron chi connectivity index (χ1n) is 15.4. The van der Waals surface area contributed by atoms with E-state index < -0.39 is 0 Å². The normalized spacial score (nSPS) is 15.1. The molecule has 0 heterocycles. The second kappa shape index (κ2) is 10.4. The van der Waals surface area contributed by atoms with Gasteiger partial charge in [0, 0.05) is 0 Å². The van der Waals surface area contributed by atoms with Crippen LogP contribution in [0.5, 0.6) is 0 Å². The van der Waals surface area contributed by atoms with Crippen molar-refractivity contribution in [3.05, 3.63) is 68.8 Å². The molecule has 0 N–H and O–H groups in total. The highest BCUT2D eigenvalue weighted by atomic mass is 14.4. The van der Waals surface area contributed by atoms with E-state index in [1.54, 1.807) is 16.7 Å². The third-order valence-corrected chi connectivity index (χ3v) is 8.18. The largest absolute Gasteiger partial charge is 0.0581 e. The maximum atomic E-state index is 2.55. The summed E-state index contributed by atoms with van der Waals surface area (Å²) in [5.41, 5.74) is 12.7. The zero-order valence-electron chi connectivity index (χ0n) is 29.6. The van der Waals surface area contributed by atoms with Crippen molar-refractivity contribution in [3.8, 4) is 0 Å². The Morgan fingerprint density at radius 1 is 0.436 bits per heavy atom. The molecule has 220 valence electrons. The quantitative estimate of drug-likeness (QED) is 0.369. The molecule has 0 saturated heterocycles. The van der Waals surface area contributed by atoms with Gasteiger partial charge in [0.2, 0.25) is 0 Å². The molecule has 0 radical (unpaired) electrons. The van der Waals surface area contributed by atoms with Gasteiger partial charge in [-0.1, -0.05) is 156 Å². The van der Waals surface area contributed by atoms with Gasteiger partial charge in [-0.2, -0.15) is 0 Å². The molecule has 0 bridgehead atoms. The average molecular weight is 533 g/mol. The molecule has 2 aromatic carbocycles. The number of rotatable bonds is 3. The van der Waals surface area contributed by atoms with Crippen molar-refractivity contribution < 1.29 is 0 Å². The Labute approximate surface area is 244 Å². The summed E-state index contributed by atoms with van der Waals surface area (Å²) in [5.74, 6) is 0.426. The number of hydrogen-bond acceptors (Lipinski definition) is 0. The van der Waals surface area contributed by atoms with Crippen molar-refractivity contribution in [2.75, 3.05) is 0 Å². The molecule has 0 amide bonds. The lowest BCUT2D eigenvalue weighted by molar-refractivity contribution is 0.489. The van der Waals surface area contributed by atoms with Gasteiger partial charge >= 0.3 is 0 Å². The van der Waals surface area contributed by atoms with E-state index in [0.29, 0.717) is 5.92 Å². The predicted octanol–water partition coefficient (Wildman–Crippen LogP) is 11.8. The topological polar surface area (TPSA) is 0 Å². The van der Waals surface area contributed by atoms with Gasteiger partial charge in [-0.15, -0.1) is 0 Å². The van der Waals surface area contributed by atoms with Crippen molar-refractivity contribution in [2.45, 2.75) is 176 Å². The summed E-state index contributed by atoms with van der Waals surface area (Å²) in [6.45, 7) is 45.5. The van der Waals surface area contributed by atoms with E-state index in [9.17, 15) is 0 Å². The third kappa shape index (κ3) is 7.59. The molecule has 0 aliphatic heterocycles. The Kier molecular flexibility index (Phi) is 8.94. The van der Waals surface area contributed by atoms with E-state index >= 15 is 0 Å². The lowest BCUT2D eigenvalue weighted by Gasteiger charge is -2.39. The van der Waals surface area contributed by atoms with E-state index in [1.165, 1.54) is 27.8 Å². The van der Waals surface area contributed by atoms with Gasteiger partial charge in [0.15, 0.2) is 0 Å². The zero-order valence-corrected chi connectivity index (χ0v) is 29.6. The monoisotopic (exact) mass is 533 g/mol. The summed E-state index contributed by atoms with van der Waals surface area (Å²) in [6.07, 6.45) is 1.05. The Morgan fingerprint density at radius 2 is 0.795 bits per heavy atom. The summed E-state index contributed by atoms with van der Waals surface area (Å²) < 4.78 is 0. The van der Waals surface area contributed by atoms with E-state index in [2.05, 4.69) is 156 Å². The van der Waals surface area contributed by atoms with Crippen molar-refractivity contribution >= 4 is 0 Å². The van der Waals surface area contributed by atoms with E-state index in [1.807, 2.05) is 0 Å². The first-order chi connectivity index (χ1) is 17.1. The van der Waals surface area contributed by atoms with Gasteiger partial charge < -0.3 is 0 Å². The Balaban J connectivity index is 2.88. The van der Waals surface area contributed by atoms with Crippen LogP contribution in [0.3, 0.4) is 0 Å².